The fraction of sp³-hybridized carbons (Fsp3) is 0.357. The predicted octanol–water partition coefficient (Wildman–Crippen LogP) is 2.66. The van der Waals surface area contributed by atoms with E-state index in [0.29, 0.717) is 24.1 Å². The summed E-state index contributed by atoms with van der Waals surface area (Å²) in [6.07, 6.45) is 6.53. The molecule has 0 saturated heterocycles. The molecule has 1 saturated carbocycles. The molecule has 0 bridgehead atoms. The van der Waals surface area contributed by atoms with Gasteiger partial charge in [0.1, 0.15) is 18.2 Å². The maximum absolute atomic E-state index is 13.8. The van der Waals surface area contributed by atoms with Gasteiger partial charge in [-0.3, -0.25) is 4.98 Å². The highest BCUT2D eigenvalue weighted by atomic mass is 19.1. The van der Waals surface area contributed by atoms with Crippen molar-refractivity contribution in [2.45, 2.75) is 31.8 Å². The highest BCUT2D eigenvalue weighted by Crippen LogP contribution is 2.40. The van der Waals surface area contributed by atoms with E-state index in [1.54, 1.807) is 6.92 Å². The molecule has 3 rings (SSSR count). The molecule has 0 aliphatic heterocycles. The molecule has 1 aliphatic carbocycles. The van der Waals surface area contributed by atoms with Gasteiger partial charge in [-0.25, -0.2) is 18.7 Å². The molecule has 1 fully saturated rings. The monoisotopic (exact) mass is 275 g/mol. The van der Waals surface area contributed by atoms with Crippen molar-refractivity contribution in [2.75, 3.05) is 0 Å². The number of rotatable bonds is 2. The fourth-order valence-corrected chi connectivity index (χ4v) is 2.51. The van der Waals surface area contributed by atoms with Crippen LogP contribution in [0.1, 0.15) is 30.0 Å². The van der Waals surface area contributed by atoms with Gasteiger partial charge in [-0.1, -0.05) is 0 Å². The summed E-state index contributed by atoms with van der Waals surface area (Å²) in [6.45, 7) is 1.79. The molecule has 5 nitrogen and oxygen atoms in total. The Hall–Kier alpha value is -2.24. The molecule has 1 aliphatic rings. The number of aryl methyl sites for hydroxylation is 1. The molecule has 2 heterocycles. The molecule has 104 valence electrons. The average molecular weight is 275 g/mol. The Morgan fingerprint density at radius 1 is 1.45 bits per heavy atom. The molecule has 2 aromatic heterocycles. The molecule has 0 unspecified atom stereocenters. The van der Waals surface area contributed by atoms with E-state index in [4.69, 9.17) is 4.74 Å². The Morgan fingerprint density at radius 3 is 2.90 bits per heavy atom. The van der Waals surface area contributed by atoms with Gasteiger partial charge in [-0.15, -0.1) is 0 Å². The number of ether oxygens (including phenoxy) is 1. The van der Waals surface area contributed by atoms with E-state index in [9.17, 15) is 9.18 Å². The van der Waals surface area contributed by atoms with Crippen LogP contribution in [0.2, 0.25) is 0 Å². The second kappa shape index (κ2) is 5.03. The van der Waals surface area contributed by atoms with Crippen molar-refractivity contribution in [1.82, 2.24) is 14.5 Å². The van der Waals surface area contributed by atoms with Gasteiger partial charge in [0.2, 0.25) is 0 Å². The Labute approximate surface area is 115 Å². The van der Waals surface area contributed by atoms with Gasteiger partial charge in [0.05, 0.1) is 0 Å². The van der Waals surface area contributed by atoms with Crippen LogP contribution in [0.15, 0.2) is 31.0 Å². The molecule has 0 spiro atoms. The highest BCUT2D eigenvalue weighted by molar-refractivity contribution is 5.70. The minimum absolute atomic E-state index is 0.0734. The zero-order valence-corrected chi connectivity index (χ0v) is 11.0. The zero-order chi connectivity index (χ0) is 14.1. The zero-order valence-electron chi connectivity index (χ0n) is 11.0. The van der Waals surface area contributed by atoms with Crippen molar-refractivity contribution >= 4 is 6.09 Å². The van der Waals surface area contributed by atoms with Crippen molar-refractivity contribution < 1.29 is 13.9 Å². The van der Waals surface area contributed by atoms with Gasteiger partial charge in [-0.05, 0) is 31.7 Å². The second-order valence-electron chi connectivity index (χ2n) is 4.94. The van der Waals surface area contributed by atoms with E-state index in [1.807, 2.05) is 0 Å². The Balaban J connectivity index is 1.60. The third kappa shape index (κ3) is 2.29. The fourth-order valence-electron chi connectivity index (χ4n) is 2.51. The van der Waals surface area contributed by atoms with Crippen LogP contribution in [0.25, 0.3) is 0 Å². The molecule has 0 aromatic carbocycles. The van der Waals surface area contributed by atoms with E-state index < -0.39 is 6.09 Å². The van der Waals surface area contributed by atoms with E-state index in [1.165, 1.54) is 35.6 Å². The molecule has 0 atom stereocenters. The van der Waals surface area contributed by atoms with Gasteiger partial charge < -0.3 is 4.74 Å². The molecule has 2 aromatic rings. The van der Waals surface area contributed by atoms with Crippen molar-refractivity contribution in [2.24, 2.45) is 0 Å². The van der Waals surface area contributed by atoms with Crippen LogP contribution in [0, 0.1) is 12.7 Å². The number of hydrogen-bond donors (Lipinski definition) is 0. The lowest BCUT2D eigenvalue weighted by Gasteiger charge is -2.35. The third-order valence-corrected chi connectivity index (χ3v) is 3.62. The van der Waals surface area contributed by atoms with Crippen LogP contribution >= 0.6 is 0 Å². The molecule has 6 heteroatoms. The first-order valence-electron chi connectivity index (χ1n) is 6.45. The first-order valence-corrected chi connectivity index (χ1v) is 6.45. The Bertz CT molecular complexity index is 601. The lowest BCUT2D eigenvalue weighted by molar-refractivity contribution is 0.0393. The molecule has 0 radical (unpaired) electrons. The summed E-state index contributed by atoms with van der Waals surface area (Å²) >= 11 is 0. The van der Waals surface area contributed by atoms with Gasteiger partial charge >= 0.3 is 6.09 Å². The van der Waals surface area contributed by atoms with Gasteiger partial charge in [-0.2, -0.15) is 0 Å². The second-order valence-corrected chi connectivity index (χ2v) is 4.94. The highest BCUT2D eigenvalue weighted by Gasteiger charge is 2.36. The van der Waals surface area contributed by atoms with Crippen molar-refractivity contribution in [3.8, 4) is 0 Å². The molecule has 0 N–H and O–H groups in total. The lowest BCUT2D eigenvalue weighted by atomic mass is 9.77. The quantitative estimate of drug-likeness (QED) is 0.845. The van der Waals surface area contributed by atoms with Crippen molar-refractivity contribution in [3.63, 3.8) is 0 Å². The Kier molecular flexibility index (Phi) is 3.22. The maximum atomic E-state index is 13.8. The minimum atomic E-state index is -0.450. The first kappa shape index (κ1) is 12.8. The van der Waals surface area contributed by atoms with Crippen LogP contribution in [-0.4, -0.2) is 26.7 Å². The van der Waals surface area contributed by atoms with Crippen molar-refractivity contribution in [1.29, 1.82) is 0 Å². The summed E-state index contributed by atoms with van der Waals surface area (Å²) < 4.78 is 20.4. The summed E-state index contributed by atoms with van der Waals surface area (Å²) in [7, 11) is 0. The summed E-state index contributed by atoms with van der Waals surface area (Å²) in [5, 5.41) is 0. The number of pyridine rings is 1. The van der Waals surface area contributed by atoms with Crippen LogP contribution < -0.4 is 0 Å². The molecule has 20 heavy (non-hydrogen) atoms. The SMILES string of the molecule is Cc1nccc(F)c1C1CC(OC(=O)n2ccnc2)C1. The lowest BCUT2D eigenvalue weighted by Crippen LogP contribution is -2.34. The summed E-state index contributed by atoms with van der Waals surface area (Å²) in [5.41, 5.74) is 1.34. The first-order chi connectivity index (χ1) is 9.65. The van der Waals surface area contributed by atoms with Gasteiger partial charge in [0.15, 0.2) is 0 Å². The average Bonchev–Trinajstić information content (AvgIpc) is 2.88. The largest absolute Gasteiger partial charge is 0.446 e. The number of carbonyl (C=O) groups excluding carboxylic acids is 1. The Morgan fingerprint density at radius 2 is 2.25 bits per heavy atom. The van der Waals surface area contributed by atoms with Crippen LogP contribution in [0.4, 0.5) is 9.18 Å². The van der Waals surface area contributed by atoms with Crippen LogP contribution in [0.3, 0.4) is 0 Å². The predicted molar refractivity (Wildman–Crippen MR) is 68.8 cm³/mol. The summed E-state index contributed by atoms with van der Waals surface area (Å²) in [6, 6.07) is 1.37. The summed E-state index contributed by atoms with van der Waals surface area (Å²) in [5.74, 6) is -0.161. The molecular weight excluding hydrogens is 261 g/mol. The van der Waals surface area contributed by atoms with Crippen LogP contribution in [0.5, 0.6) is 0 Å². The number of hydrogen-bond acceptors (Lipinski definition) is 4. The molecule has 0 amide bonds. The molecular formula is C14H14FN3O2. The third-order valence-electron chi connectivity index (χ3n) is 3.62. The maximum Gasteiger partial charge on any atom is 0.419 e. The number of halogens is 1. The van der Waals surface area contributed by atoms with Crippen molar-refractivity contribution in [3.05, 3.63) is 48.1 Å². The smallest absolute Gasteiger partial charge is 0.419 e. The number of aromatic nitrogens is 3. The van der Waals surface area contributed by atoms with Crippen LogP contribution in [-0.2, 0) is 4.74 Å². The number of imidazole rings is 1. The van der Waals surface area contributed by atoms with Gasteiger partial charge in [0, 0.05) is 29.8 Å². The van der Waals surface area contributed by atoms with E-state index >= 15 is 0 Å². The summed E-state index contributed by atoms with van der Waals surface area (Å²) in [4.78, 5) is 19.6. The van der Waals surface area contributed by atoms with Gasteiger partial charge in [0.25, 0.3) is 0 Å². The van der Waals surface area contributed by atoms with E-state index in [-0.39, 0.29) is 17.8 Å². The van der Waals surface area contributed by atoms with E-state index in [2.05, 4.69) is 9.97 Å². The number of carbonyl (C=O) groups is 1. The normalized spacial score (nSPS) is 21.3. The topological polar surface area (TPSA) is 57.0 Å². The minimum Gasteiger partial charge on any atom is -0.446 e. The van der Waals surface area contributed by atoms with E-state index in [0.717, 1.165) is 0 Å². The number of nitrogens with zero attached hydrogens (tertiary/aromatic N) is 3. The standard InChI is InChI=1S/C14H14FN3O2/c1-9-13(12(15)2-3-17-9)10-6-11(7-10)20-14(19)18-5-4-16-8-18/h2-5,8,10-11H,6-7H2,1H3.